The molecule has 0 spiro atoms. The summed E-state index contributed by atoms with van der Waals surface area (Å²) in [5, 5.41) is 28.1. The van der Waals surface area contributed by atoms with E-state index in [2.05, 4.69) is 30.6 Å². The molecule has 2 saturated heterocycles. The molecule has 2 atom stereocenters. The Morgan fingerprint density at radius 3 is 2.59 bits per heavy atom. The molecule has 9 heteroatoms. The number of rotatable bonds is 5. The lowest BCUT2D eigenvalue weighted by Crippen LogP contribution is -2.56. The lowest BCUT2D eigenvalue weighted by molar-refractivity contribution is -0.137. The number of aromatic nitrogens is 4. The zero-order valence-electron chi connectivity index (χ0n) is 15.6. The first-order valence-electron chi connectivity index (χ1n) is 9.57. The monoisotopic (exact) mass is 395 g/mol. The third kappa shape index (κ3) is 3.80. The van der Waals surface area contributed by atoms with E-state index in [-0.39, 0.29) is 11.9 Å². The summed E-state index contributed by atoms with van der Waals surface area (Å²) in [5.74, 6) is 0.777. The molecular formula is C20H21N5O4. The van der Waals surface area contributed by atoms with Crippen molar-refractivity contribution in [1.29, 1.82) is 0 Å². The first kappa shape index (κ1) is 18.0. The molecule has 3 N–H and O–H groups in total. The van der Waals surface area contributed by atoms with Crippen LogP contribution in [0.3, 0.4) is 0 Å². The molecule has 0 radical (unpaired) electrons. The second-order valence-electron chi connectivity index (χ2n) is 7.36. The highest BCUT2D eigenvalue weighted by atomic mass is 17.1. The number of hydrogen-bond acceptors (Lipinski definition) is 8. The average Bonchev–Trinajstić information content (AvgIpc) is 3.29. The highest BCUT2D eigenvalue weighted by molar-refractivity contribution is 5.73. The standard InChI is InChI=1S/C20H21N5O4/c26-29-19-5-12(13-8-21-22-9-13)1-2-17(19)18-3-4-20(25-24-18)28-16-6-14-10-27-11-15(7-16)23-14/h1-5,8-9,14-16,23,26H,6-7,10-11H2,(H,21,22). The normalized spacial score (nSPS) is 23.6. The number of ether oxygens (including phenoxy) is 2. The second-order valence-corrected chi connectivity index (χ2v) is 7.36. The number of H-pyrrole nitrogens is 1. The van der Waals surface area contributed by atoms with Crippen LogP contribution in [0.1, 0.15) is 12.8 Å². The van der Waals surface area contributed by atoms with E-state index in [4.69, 9.17) is 9.47 Å². The molecule has 0 aliphatic carbocycles. The largest absolute Gasteiger partial charge is 0.473 e. The Morgan fingerprint density at radius 1 is 1.03 bits per heavy atom. The minimum atomic E-state index is 0.0980. The van der Waals surface area contributed by atoms with Crippen LogP contribution in [0.25, 0.3) is 22.4 Å². The van der Waals surface area contributed by atoms with E-state index in [0.29, 0.717) is 29.2 Å². The van der Waals surface area contributed by atoms with E-state index in [9.17, 15) is 5.26 Å². The molecule has 2 fully saturated rings. The summed E-state index contributed by atoms with van der Waals surface area (Å²) in [6, 6.07) is 9.72. The predicted octanol–water partition coefficient (Wildman–Crippen LogP) is 2.28. The maximum atomic E-state index is 9.34. The Labute approximate surface area is 167 Å². The molecule has 4 heterocycles. The Morgan fingerprint density at radius 2 is 1.90 bits per heavy atom. The topological polar surface area (TPSA) is 114 Å². The highest BCUT2D eigenvalue weighted by Gasteiger charge is 2.33. The number of nitrogens with zero attached hydrogens (tertiary/aromatic N) is 3. The fraction of sp³-hybridized carbons (Fsp3) is 0.350. The summed E-state index contributed by atoms with van der Waals surface area (Å²) in [7, 11) is 0. The van der Waals surface area contributed by atoms with Gasteiger partial charge in [-0.1, -0.05) is 6.07 Å². The summed E-state index contributed by atoms with van der Waals surface area (Å²) >= 11 is 0. The molecule has 2 aromatic heterocycles. The molecule has 1 aromatic carbocycles. The maximum absolute atomic E-state index is 9.34. The van der Waals surface area contributed by atoms with Gasteiger partial charge in [0.05, 0.1) is 25.1 Å². The van der Waals surface area contributed by atoms with Crippen LogP contribution in [-0.2, 0) is 4.74 Å². The zero-order valence-corrected chi connectivity index (χ0v) is 15.6. The van der Waals surface area contributed by atoms with E-state index in [0.717, 1.165) is 37.2 Å². The number of aromatic amines is 1. The van der Waals surface area contributed by atoms with E-state index >= 15 is 0 Å². The van der Waals surface area contributed by atoms with Gasteiger partial charge in [0.15, 0.2) is 5.75 Å². The van der Waals surface area contributed by atoms with E-state index in [1.807, 2.05) is 18.2 Å². The van der Waals surface area contributed by atoms with Crippen molar-refractivity contribution >= 4 is 0 Å². The Kier molecular flexibility index (Phi) is 4.84. The number of morpholine rings is 1. The molecule has 3 aromatic rings. The van der Waals surface area contributed by atoms with Gasteiger partial charge in [-0.3, -0.25) is 5.10 Å². The van der Waals surface area contributed by atoms with Crippen LogP contribution in [0, 0.1) is 0 Å². The van der Waals surface area contributed by atoms with Gasteiger partial charge in [0.1, 0.15) is 6.10 Å². The summed E-state index contributed by atoms with van der Waals surface area (Å²) in [5.41, 5.74) is 2.96. The van der Waals surface area contributed by atoms with E-state index < -0.39 is 0 Å². The van der Waals surface area contributed by atoms with Gasteiger partial charge in [0.25, 0.3) is 0 Å². The molecule has 0 amide bonds. The smallest absolute Gasteiger partial charge is 0.233 e. The first-order chi connectivity index (χ1) is 14.3. The second kappa shape index (κ2) is 7.78. The van der Waals surface area contributed by atoms with Crippen LogP contribution in [0.4, 0.5) is 0 Å². The molecule has 9 nitrogen and oxygen atoms in total. The number of fused-ring (bicyclic) bond motifs is 2. The van der Waals surface area contributed by atoms with Gasteiger partial charge in [-0.25, -0.2) is 5.26 Å². The summed E-state index contributed by atoms with van der Waals surface area (Å²) in [4.78, 5) is 4.58. The average molecular weight is 395 g/mol. The van der Waals surface area contributed by atoms with Crippen molar-refractivity contribution in [3.8, 4) is 34.0 Å². The van der Waals surface area contributed by atoms with Gasteiger partial charge in [-0.15, -0.1) is 10.2 Å². The Balaban J connectivity index is 1.32. The summed E-state index contributed by atoms with van der Waals surface area (Å²) < 4.78 is 11.6. The van der Waals surface area contributed by atoms with Crippen molar-refractivity contribution < 1.29 is 19.6 Å². The molecular weight excluding hydrogens is 374 g/mol. The van der Waals surface area contributed by atoms with Crippen LogP contribution in [0.5, 0.6) is 11.6 Å². The molecule has 2 unspecified atom stereocenters. The van der Waals surface area contributed by atoms with Crippen LogP contribution < -0.4 is 14.9 Å². The van der Waals surface area contributed by atoms with Crippen LogP contribution in [0.2, 0.25) is 0 Å². The molecule has 29 heavy (non-hydrogen) atoms. The van der Waals surface area contributed by atoms with Crippen LogP contribution >= 0.6 is 0 Å². The molecule has 150 valence electrons. The van der Waals surface area contributed by atoms with E-state index in [1.54, 1.807) is 24.5 Å². The van der Waals surface area contributed by atoms with E-state index in [1.165, 1.54) is 0 Å². The fourth-order valence-corrected chi connectivity index (χ4v) is 3.98. The zero-order chi connectivity index (χ0) is 19.6. The number of benzene rings is 1. The SMILES string of the molecule is OOc1cc(-c2cn[nH]c2)ccc1-c1ccc(OC2CC3COCC(C2)N3)nn1. The lowest BCUT2D eigenvalue weighted by Gasteiger charge is -2.39. The molecule has 5 rings (SSSR count). The third-order valence-electron chi connectivity index (χ3n) is 5.32. The fourth-order valence-electron chi connectivity index (χ4n) is 3.98. The third-order valence-corrected chi connectivity index (χ3v) is 5.32. The van der Waals surface area contributed by atoms with Gasteiger partial charge in [0, 0.05) is 48.3 Å². The minimum Gasteiger partial charge on any atom is -0.473 e. The molecule has 2 aliphatic rings. The summed E-state index contributed by atoms with van der Waals surface area (Å²) in [6.07, 6.45) is 5.34. The van der Waals surface area contributed by atoms with Crippen LogP contribution in [0.15, 0.2) is 42.7 Å². The predicted molar refractivity (Wildman–Crippen MR) is 103 cm³/mol. The Bertz CT molecular complexity index is 952. The van der Waals surface area contributed by atoms with Crippen molar-refractivity contribution in [2.45, 2.75) is 31.0 Å². The molecule has 2 bridgehead atoms. The maximum Gasteiger partial charge on any atom is 0.233 e. The van der Waals surface area contributed by atoms with Gasteiger partial charge < -0.3 is 19.7 Å². The Hall–Kier alpha value is -3.01. The quantitative estimate of drug-likeness (QED) is 0.445. The minimum absolute atomic E-state index is 0.0980. The number of hydrogen-bond donors (Lipinski definition) is 3. The number of piperidine rings is 1. The van der Waals surface area contributed by atoms with Crippen molar-refractivity contribution in [1.82, 2.24) is 25.7 Å². The highest BCUT2D eigenvalue weighted by Crippen LogP contribution is 2.33. The van der Waals surface area contributed by atoms with Crippen LogP contribution in [-0.4, -0.2) is 57.1 Å². The summed E-state index contributed by atoms with van der Waals surface area (Å²) in [6.45, 7) is 1.44. The first-order valence-corrected chi connectivity index (χ1v) is 9.57. The molecule has 2 aliphatic heterocycles. The van der Waals surface area contributed by atoms with Gasteiger partial charge >= 0.3 is 0 Å². The van der Waals surface area contributed by atoms with Crippen molar-refractivity contribution in [2.75, 3.05) is 13.2 Å². The van der Waals surface area contributed by atoms with Gasteiger partial charge in [-0.2, -0.15) is 5.10 Å². The van der Waals surface area contributed by atoms with Gasteiger partial charge in [0.2, 0.25) is 5.88 Å². The van der Waals surface area contributed by atoms with Crippen molar-refractivity contribution in [3.05, 3.63) is 42.7 Å². The molecule has 0 saturated carbocycles. The van der Waals surface area contributed by atoms with Gasteiger partial charge in [-0.05, 0) is 23.8 Å². The van der Waals surface area contributed by atoms with Crippen molar-refractivity contribution in [3.63, 3.8) is 0 Å². The van der Waals surface area contributed by atoms with Crippen molar-refractivity contribution in [2.24, 2.45) is 0 Å². The lowest BCUT2D eigenvalue weighted by atomic mass is 9.95. The number of nitrogens with one attached hydrogen (secondary N) is 2.